The summed E-state index contributed by atoms with van der Waals surface area (Å²) < 4.78 is 0.891. The molecule has 0 spiro atoms. The van der Waals surface area contributed by atoms with Gasteiger partial charge in [0.25, 0.3) is 0 Å². The van der Waals surface area contributed by atoms with Crippen molar-refractivity contribution in [3.8, 4) is 0 Å². The lowest BCUT2D eigenvalue weighted by molar-refractivity contribution is 0.936. The van der Waals surface area contributed by atoms with Gasteiger partial charge < -0.3 is 5.73 Å². The van der Waals surface area contributed by atoms with Crippen molar-refractivity contribution in [2.24, 2.45) is 5.73 Å². The summed E-state index contributed by atoms with van der Waals surface area (Å²) in [5.74, 6) is 0. The Morgan fingerprint density at radius 3 is 3.00 bits per heavy atom. The Morgan fingerprint density at radius 2 is 2.33 bits per heavy atom. The molecule has 0 aliphatic heterocycles. The minimum atomic E-state index is 0.494. The zero-order chi connectivity index (χ0) is 10.7. The molecule has 0 aliphatic carbocycles. The van der Waals surface area contributed by atoms with Crippen molar-refractivity contribution in [3.05, 3.63) is 28.9 Å². The van der Waals surface area contributed by atoms with Crippen LogP contribution in [0, 0.1) is 6.92 Å². The lowest BCUT2D eigenvalue weighted by Crippen LogP contribution is -2.00. The fraction of sp³-hybridized carbons (Fsp3) is 0.222. The summed E-state index contributed by atoms with van der Waals surface area (Å²) in [6, 6.07) is 3.97. The van der Waals surface area contributed by atoms with Gasteiger partial charge in [-0.15, -0.1) is 10.2 Å². The maximum Gasteiger partial charge on any atom is 0.180 e. The topological polar surface area (TPSA) is 64.7 Å². The van der Waals surface area contributed by atoms with Crippen molar-refractivity contribution in [1.29, 1.82) is 0 Å². The maximum absolute atomic E-state index is 5.64. The second kappa shape index (κ2) is 4.69. The van der Waals surface area contributed by atoms with E-state index in [-0.39, 0.29) is 0 Å². The fourth-order valence-corrected chi connectivity index (χ4v) is 2.66. The number of rotatable bonds is 3. The Balaban J connectivity index is 2.30. The standard InChI is InChI=1S/C9H10N4S2/c1-6-2-3-7(4-10)8(12-6)15-9-13-11-5-14-9/h2-3,5H,4,10H2,1H3. The van der Waals surface area contributed by atoms with Gasteiger partial charge in [-0.1, -0.05) is 17.4 Å². The van der Waals surface area contributed by atoms with Gasteiger partial charge in [0.05, 0.1) is 0 Å². The second-order valence-electron chi connectivity index (χ2n) is 2.93. The van der Waals surface area contributed by atoms with E-state index in [1.165, 1.54) is 23.1 Å². The molecule has 0 aromatic carbocycles. The Kier molecular flexibility index (Phi) is 3.30. The average molecular weight is 238 g/mol. The van der Waals surface area contributed by atoms with Crippen LogP contribution in [0.25, 0.3) is 0 Å². The number of hydrogen-bond acceptors (Lipinski definition) is 6. The van der Waals surface area contributed by atoms with Crippen molar-refractivity contribution in [2.45, 2.75) is 22.8 Å². The number of hydrogen-bond donors (Lipinski definition) is 1. The van der Waals surface area contributed by atoms with E-state index in [9.17, 15) is 0 Å². The molecular formula is C9H10N4S2. The summed E-state index contributed by atoms with van der Waals surface area (Å²) in [4.78, 5) is 4.44. The Morgan fingerprint density at radius 1 is 1.47 bits per heavy atom. The molecule has 6 heteroatoms. The fourth-order valence-electron chi connectivity index (χ4n) is 1.10. The Hall–Kier alpha value is -0.980. The predicted molar refractivity (Wildman–Crippen MR) is 60.9 cm³/mol. The number of nitrogens with zero attached hydrogens (tertiary/aromatic N) is 3. The zero-order valence-electron chi connectivity index (χ0n) is 8.17. The van der Waals surface area contributed by atoms with E-state index in [0.717, 1.165) is 20.6 Å². The van der Waals surface area contributed by atoms with Gasteiger partial charge in [-0.25, -0.2) is 4.98 Å². The highest BCUT2D eigenvalue weighted by molar-refractivity contribution is 8.01. The molecular weight excluding hydrogens is 228 g/mol. The lowest BCUT2D eigenvalue weighted by Gasteiger charge is -2.04. The van der Waals surface area contributed by atoms with E-state index < -0.39 is 0 Å². The van der Waals surface area contributed by atoms with Gasteiger partial charge in [0.15, 0.2) is 4.34 Å². The van der Waals surface area contributed by atoms with E-state index in [1.807, 2.05) is 19.1 Å². The zero-order valence-corrected chi connectivity index (χ0v) is 9.81. The minimum absolute atomic E-state index is 0.494. The highest BCUT2D eigenvalue weighted by Gasteiger charge is 2.07. The van der Waals surface area contributed by atoms with Crippen LogP contribution in [0.1, 0.15) is 11.3 Å². The molecule has 0 radical (unpaired) electrons. The summed E-state index contributed by atoms with van der Waals surface area (Å²) in [7, 11) is 0. The van der Waals surface area contributed by atoms with Crippen LogP contribution in [0.5, 0.6) is 0 Å². The summed E-state index contributed by atoms with van der Waals surface area (Å²) in [6.07, 6.45) is 0. The molecule has 0 fully saturated rings. The van der Waals surface area contributed by atoms with Crippen LogP contribution in [-0.4, -0.2) is 15.2 Å². The smallest absolute Gasteiger partial charge is 0.180 e. The molecule has 15 heavy (non-hydrogen) atoms. The second-order valence-corrected chi connectivity index (χ2v) is 5.00. The number of nitrogens with two attached hydrogens (primary N) is 1. The van der Waals surface area contributed by atoms with Gasteiger partial charge in [0.1, 0.15) is 10.5 Å². The van der Waals surface area contributed by atoms with Crippen LogP contribution >= 0.6 is 23.1 Å². The maximum atomic E-state index is 5.64. The average Bonchev–Trinajstić information content (AvgIpc) is 2.71. The first kappa shape index (κ1) is 10.5. The summed E-state index contributed by atoms with van der Waals surface area (Å²) in [5, 5.41) is 8.68. The number of aryl methyl sites for hydroxylation is 1. The molecule has 0 aliphatic rings. The number of aromatic nitrogens is 3. The normalized spacial score (nSPS) is 10.5. The van der Waals surface area contributed by atoms with Gasteiger partial charge in [-0.3, -0.25) is 0 Å². The molecule has 78 valence electrons. The van der Waals surface area contributed by atoms with E-state index in [4.69, 9.17) is 5.73 Å². The SMILES string of the molecule is Cc1ccc(CN)c(Sc2nncs2)n1. The third kappa shape index (κ3) is 2.53. The molecule has 2 aromatic rings. The van der Waals surface area contributed by atoms with E-state index in [1.54, 1.807) is 5.51 Å². The summed E-state index contributed by atoms with van der Waals surface area (Å²) >= 11 is 3.02. The van der Waals surface area contributed by atoms with Gasteiger partial charge in [0, 0.05) is 12.2 Å². The van der Waals surface area contributed by atoms with Crippen LogP contribution in [-0.2, 0) is 6.54 Å². The third-order valence-corrected chi connectivity index (χ3v) is 3.65. The van der Waals surface area contributed by atoms with Crippen molar-refractivity contribution >= 4 is 23.1 Å². The monoisotopic (exact) mass is 238 g/mol. The first-order chi connectivity index (χ1) is 7.29. The Labute approximate surface area is 95.9 Å². The van der Waals surface area contributed by atoms with Gasteiger partial charge in [-0.2, -0.15) is 0 Å². The predicted octanol–water partition coefficient (Wildman–Crippen LogP) is 1.85. The van der Waals surface area contributed by atoms with Crippen molar-refractivity contribution in [2.75, 3.05) is 0 Å². The van der Waals surface area contributed by atoms with Gasteiger partial charge in [0.2, 0.25) is 0 Å². The first-order valence-electron chi connectivity index (χ1n) is 4.40. The van der Waals surface area contributed by atoms with E-state index >= 15 is 0 Å². The van der Waals surface area contributed by atoms with Crippen molar-refractivity contribution in [1.82, 2.24) is 15.2 Å². The van der Waals surface area contributed by atoms with Crippen LogP contribution in [0.4, 0.5) is 0 Å². The molecule has 2 heterocycles. The highest BCUT2D eigenvalue weighted by Crippen LogP contribution is 2.29. The van der Waals surface area contributed by atoms with E-state index in [2.05, 4.69) is 15.2 Å². The quantitative estimate of drug-likeness (QED) is 0.884. The van der Waals surface area contributed by atoms with Crippen LogP contribution in [0.2, 0.25) is 0 Å². The van der Waals surface area contributed by atoms with Crippen LogP contribution < -0.4 is 5.73 Å². The van der Waals surface area contributed by atoms with Gasteiger partial charge >= 0.3 is 0 Å². The minimum Gasteiger partial charge on any atom is -0.326 e. The molecule has 0 atom stereocenters. The largest absolute Gasteiger partial charge is 0.326 e. The van der Waals surface area contributed by atoms with Crippen LogP contribution in [0.3, 0.4) is 0 Å². The van der Waals surface area contributed by atoms with Gasteiger partial charge in [-0.05, 0) is 30.3 Å². The molecule has 4 nitrogen and oxygen atoms in total. The first-order valence-corrected chi connectivity index (χ1v) is 6.10. The lowest BCUT2D eigenvalue weighted by atomic mass is 10.2. The van der Waals surface area contributed by atoms with Crippen molar-refractivity contribution < 1.29 is 0 Å². The Bertz CT molecular complexity index is 441. The molecule has 0 saturated heterocycles. The molecule has 0 unspecified atom stereocenters. The van der Waals surface area contributed by atoms with Crippen molar-refractivity contribution in [3.63, 3.8) is 0 Å². The number of pyridine rings is 1. The highest BCUT2D eigenvalue weighted by atomic mass is 32.2. The molecule has 2 aromatic heterocycles. The molecule has 2 rings (SSSR count). The molecule has 0 bridgehead atoms. The molecule has 0 saturated carbocycles. The molecule has 2 N–H and O–H groups in total. The molecule has 0 amide bonds. The summed E-state index contributed by atoms with van der Waals surface area (Å²) in [6.45, 7) is 2.46. The van der Waals surface area contributed by atoms with E-state index in [0.29, 0.717) is 6.54 Å². The van der Waals surface area contributed by atoms with Crippen LogP contribution in [0.15, 0.2) is 27.0 Å². The third-order valence-electron chi connectivity index (χ3n) is 1.82. The summed E-state index contributed by atoms with van der Waals surface area (Å²) in [5.41, 5.74) is 9.38.